The van der Waals surface area contributed by atoms with Crippen LogP contribution in [0.4, 0.5) is 0 Å². The highest BCUT2D eigenvalue weighted by Crippen LogP contribution is 2.07. The summed E-state index contributed by atoms with van der Waals surface area (Å²) in [4.78, 5) is 0. The van der Waals surface area contributed by atoms with E-state index in [0.717, 1.165) is 0 Å². The molecule has 0 atom stereocenters. The van der Waals surface area contributed by atoms with Crippen molar-refractivity contribution in [2.75, 3.05) is 0 Å². The molecule has 0 saturated heterocycles. The molecule has 0 spiro atoms. The highest BCUT2D eigenvalue weighted by Gasteiger charge is 2.25. The first-order valence-electron chi connectivity index (χ1n) is 4.41. The molecule has 66 valence electrons. The van der Waals surface area contributed by atoms with Crippen molar-refractivity contribution >= 4 is 0 Å². The molecule has 0 amide bonds. The van der Waals surface area contributed by atoms with Gasteiger partial charge in [-0.15, -0.1) is 0 Å². The summed E-state index contributed by atoms with van der Waals surface area (Å²) in [6.45, 7) is 11.0. The molecule has 1 aromatic heterocycles. The molecular weight excluding hydrogens is 146 g/mol. The second kappa shape index (κ2) is 2.89. The van der Waals surface area contributed by atoms with Gasteiger partial charge in [-0.25, -0.2) is 0 Å². The third-order valence-corrected chi connectivity index (χ3v) is 2.05. The number of hydrogen-bond acceptors (Lipinski definition) is 0. The van der Waals surface area contributed by atoms with Gasteiger partial charge < -0.3 is 0 Å². The molecule has 0 fully saturated rings. The van der Waals surface area contributed by atoms with E-state index in [4.69, 9.17) is 0 Å². The Hall–Kier alpha value is -0.850. The van der Waals surface area contributed by atoms with Crippen LogP contribution in [0.3, 0.4) is 0 Å². The van der Waals surface area contributed by atoms with Gasteiger partial charge in [0.15, 0.2) is 16.9 Å². The second-order valence-corrected chi connectivity index (χ2v) is 4.31. The molecule has 0 saturated carbocycles. The molecule has 0 aromatic carbocycles. The topological polar surface area (TPSA) is 3.88 Å². The van der Waals surface area contributed by atoms with E-state index >= 15 is 0 Å². The van der Waals surface area contributed by atoms with Crippen LogP contribution in [-0.2, 0) is 5.54 Å². The number of aromatic nitrogens is 1. The van der Waals surface area contributed by atoms with Crippen LogP contribution in [-0.4, -0.2) is 0 Å². The smallest absolute Gasteiger partial charge is 0.178 e. The summed E-state index contributed by atoms with van der Waals surface area (Å²) in [6, 6.07) is 6.41. The Morgan fingerprint density at radius 2 is 1.42 bits per heavy atom. The van der Waals surface area contributed by atoms with Gasteiger partial charge in [0.25, 0.3) is 0 Å². The van der Waals surface area contributed by atoms with Crippen LogP contribution in [0, 0.1) is 13.8 Å². The summed E-state index contributed by atoms with van der Waals surface area (Å²) in [5.41, 5.74) is 2.83. The lowest BCUT2D eigenvalue weighted by molar-refractivity contribution is -0.764. The maximum absolute atomic E-state index is 2.35. The molecule has 1 heteroatoms. The van der Waals surface area contributed by atoms with Crippen molar-refractivity contribution in [3.8, 4) is 0 Å². The Kier molecular flexibility index (Phi) is 2.22. The molecule has 0 radical (unpaired) electrons. The first kappa shape index (κ1) is 9.24. The molecule has 0 N–H and O–H groups in total. The average Bonchev–Trinajstić information content (AvgIpc) is 1.82. The summed E-state index contributed by atoms with van der Waals surface area (Å²) >= 11 is 0. The molecule has 1 nitrogen and oxygen atoms in total. The fourth-order valence-corrected chi connectivity index (χ4v) is 1.81. The maximum Gasteiger partial charge on any atom is 0.178 e. The minimum atomic E-state index is 0.190. The fraction of sp³-hybridized carbons (Fsp3) is 0.545. The Labute approximate surface area is 75.1 Å². The van der Waals surface area contributed by atoms with E-state index in [1.54, 1.807) is 0 Å². The van der Waals surface area contributed by atoms with Crippen LogP contribution in [0.25, 0.3) is 0 Å². The third-order valence-electron chi connectivity index (χ3n) is 2.05. The molecule has 0 aliphatic heterocycles. The third kappa shape index (κ3) is 1.66. The molecule has 0 unspecified atom stereocenters. The first-order chi connectivity index (χ1) is 5.43. The normalized spacial score (nSPS) is 11.8. The molecular formula is C11H18N+. The number of hydrogen-bond donors (Lipinski definition) is 0. The average molecular weight is 164 g/mol. The van der Waals surface area contributed by atoms with E-state index in [-0.39, 0.29) is 5.54 Å². The number of nitrogens with zero attached hydrogens (tertiary/aromatic N) is 1. The molecule has 0 aliphatic rings. The van der Waals surface area contributed by atoms with E-state index in [0.29, 0.717) is 0 Å². The highest BCUT2D eigenvalue weighted by molar-refractivity contribution is 5.01. The molecule has 1 heterocycles. The van der Waals surface area contributed by atoms with Crippen LogP contribution in [0.15, 0.2) is 18.2 Å². The van der Waals surface area contributed by atoms with Gasteiger partial charge in [-0.2, -0.15) is 4.57 Å². The Balaban J connectivity index is 3.31. The number of aryl methyl sites for hydroxylation is 2. The largest absolute Gasteiger partial charge is 0.196 e. The van der Waals surface area contributed by atoms with E-state index in [1.165, 1.54) is 11.4 Å². The zero-order chi connectivity index (χ0) is 9.35. The maximum atomic E-state index is 2.35. The standard InChI is InChI=1S/C11H18N/c1-9-7-6-8-10(2)12(9)11(3,4)5/h6-8H,1-5H3/q+1. The van der Waals surface area contributed by atoms with Crippen LogP contribution in [0.1, 0.15) is 32.2 Å². The monoisotopic (exact) mass is 164 g/mol. The van der Waals surface area contributed by atoms with Crippen LogP contribution >= 0.6 is 0 Å². The van der Waals surface area contributed by atoms with Crippen LogP contribution in [0.2, 0.25) is 0 Å². The van der Waals surface area contributed by atoms with E-state index in [2.05, 4.69) is 57.4 Å². The predicted octanol–water partition coefficient (Wildman–Crippen LogP) is 2.35. The minimum Gasteiger partial charge on any atom is -0.196 e. The van der Waals surface area contributed by atoms with E-state index < -0.39 is 0 Å². The quantitative estimate of drug-likeness (QED) is 0.518. The summed E-state index contributed by atoms with van der Waals surface area (Å²) < 4.78 is 2.35. The Morgan fingerprint density at radius 1 is 1.00 bits per heavy atom. The molecule has 12 heavy (non-hydrogen) atoms. The van der Waals surface area contributed by atoms with Gasteiger partial charge >= 0.3 is 0 Å². The van der Waals surface area contributed by atoms with Gasteiger partial charge in [-0.05, 0) is 6.07 Å². The zero-order valence-corrected chi connectivity index (χ0v) is 8.68. The summed E-state index contributed by atoms with van der Waals surface area (Å²) in [6.07, 6.45) is 0. The van der Waals surface area contributed by atoms with Crippen molar-refractivity contribution in [1.29, 1.82) is 0 Å². The van der Waals surface area contributed by atoms with Gasteiger partial charge in [0.1, 0.15) is 0 Å². The van der Waals surface area contributed by atoms with Gasteiger partial charge in [0.2, 0.25) is 0 Å². The lowest BCUT2D eigenvalue weighted by atomic mass is 10.1. The van der Waals surface area contributed by atoms with Gasteiger partial charge in [0, 0.05) is 46.8 Å². The van der Waals surface area contributed by atoms with Gasteiger partial charge in [0.05, 0.1) is 0 Å². The SMILES string of the molecule is Cc1cccc(C)[n+]1C(C)(C)C. The molecule has 1 rings (SSSR count). The first-order valence-corrected chi connectivity index (χ1v) is 4.41. The minimum absolute atomic E-state index is 0.190. The summed E-state index contributed by atoms with van der Waals surface area (Å²) in [7, 11) is 0. The number of pyridine rings is 1. The van der Waals surface area contributed by atoms with Crippen molar-refractivity contribution in [3.63, 3.8) is 0 Å². The van der Waals surface area contributed by atoms with Crippen molar-refractivity contribution in [1.82, 2.24) is 0 Å². The molecule has 0 aliphatic carbocycles. The van der Waals surface area contributed by atoms with Gasteiger partial charge in [-0.3, -0.25) is 0 Å². The molecule has 1 aromatic rings. The van der Waals surface area contributed by atoms with E-state index in [9.17, 15) is 0 Å². The van der Waals surface area contributed by atoms with Crippen LogP contribution in [0.5, 0.6) is 0 Å². The van der Waals surface area contributed by atoms with Crippen molar-refractivity contribution < 1.29 is 4.57 Å². The fourth-order valence-electron chi connectivity index (χ4n) is 1.81. The van der Waals surface area contributed by atoms with Gasteiger partial charge in [-0.1, -0.05) is 0 Å². The van der Waals surface area contributed by atoms with Crippen molar-refractivity contribution in [2.24, 2.45) is 0 Å². The van der Waals surface area contributed by atoms with Crippen molar-refractivity contribution in [2.45, 2.75) is 40.2 Å². The molecule has 0 bridgehead atoms. The zero-order valence-electron chi connectivity index (χ0n) is 8.68. The van der Waals surface area contributed by atoms with E-state index in [1.807, 2.05) is 0 Å². The van der Waals surface area contributed by atoms with Crippen molar-refractivity contribution in [3.05, 3.63) is 29.6 Å². The Morgan fingerprint density at radius 3 is 1.67 bits per heavy atom. The lowest BCUT2D eigenvalue weighted by Crippen LogP contribution is -2.54. The second-order valence-electron chi connectivity index (χ2n) is 4.31. The number of rotatable bonds is 0. The highest BCUT2D eigenvalue weighted by atomic mass is 15.0. The Bertz CT molecular complexity index is 261. The summed E-state index contributed by atoms with van der Waals surface area (Å²) in [5, 5.41) is 0. The summed E-state index contributed by atoms with van der Waals surface area (Å²) in [5.74, 6) is 0. The predicted molar refractivity (Wildman–Crippen MR) is 51.1 cm³/mol. The lowest BCUT2D eigenvalue weighted by Gasteiger charge is -2.17. The van der Waals surface area contributed by atoms with Crippen LogP contribution < -0.4 is 4.57 Å².